The minimum absolute atomic E-state index is 0.219. The lowest BCUT2D eigenvalue weighted by atomic mass is 10.2. The van der Waals surface area contributed by atoms with Gasteiger partial charge in [-0.15, -0.1) is 0 Å². The number of carbonyl (C=O) groups excluding carboxylic acids is 1. The van der Waals surface area contributed by atoms with Crippen LogP contribution in [0.1, 0.15) is 15.9 Å². The summed E-state index contributed by atoms with van der Waals surface area (Å²) in [6.07, 6.45) is 0. The Balaban J connectivity index is 2.06. The summed E-state index contributed by atoms with van der Waals surface area (Å²) in [5, 5.41) is 0. The molecular formula is C14H10BrF2NO2. The molecule has 0 aromatic heterocycles. The number of nitrogens with two attached hydrogens (primary N) is 1. The first kappa shape index (κ1) is 14.5. The minimum Gasteiger partial charge on any atom is -0.457 e. The maximum Gasteiger partial charge on any atom is 0.338 e. The molecule has 0 unspecified atom stereocenters. The Labute approximate surface area is 122 Å². The van der Waals surface area contributed by atoms with Crippen molar-refractivity contribution in [2.75, 3.05) is 5.73 Å². The van der Waals surface area contributed by atoms with Crippen molar-refractivity contribution in [3.8, 4) is 0 Å². The molecular weight excluding hydrogens is 332 g/mol. The smallest absolute Gasteiger partial charge is 0.338 e. The van der Waals surface area contributed by atoms with Crippen molar-refractivity contribution in [1.29, 1.82) is 0 Å². The highest BCUT2D eigenvalue weighted by Gasteiger charge is 2.10. The number of halogens is 3. The highest BCUT2D eigenvalue weighted by Crippen LogP contribution is 2.21. The topological polar surface area (TPSA) is 52.3 Å². The van der Waals surface area contributed by atoms with Crippen molar-refractivity contribution in [2.45, 2.75) is 6.61 Å². The van der Waals surface area contributed by atoms with E-state index in [1.807, 2.05) is 0 Å². The number of anilines is 1. The number of benzene rings is 2. The second-order valence-electron chi connectivity index (χ2n) is 4.09. The number of hydrogen-bond acceptors (Lipinski definition) is 3. The molecule has 104 valence electrons. The lowest BCUT2D eigenvalue weighted by Crippen LogP contribution is -2.06. The number of carbonyl (C=O) groups is 1. The Morgan fingerprint density at radius 3 is 2.40 bits per heavy atom. The number of hydrogen-bond donors (Lipinski definition) is 1. The third kappa shape index (κ3) is 3.54. The second-order valence-corrected chi connectivity index (χ2v) is 4.94. The second kappa shape index (κ2) is 6.00. The monoisotopic (exact) mass is 341 g/mol. The minimum atomic E-state index is -0.719. The average molecular weight is 342 g/mol. The molecule has 0 spiro atoms. The Morgan fingerprint density at radius 2 is 1.80 bits per heavy atom. The van der Waals surface area contributed by atoms with Crippen molar-refractivity contribution in [1.82, 2.24) is 0 Å². The van der Waals surface area contributed by atoms with E-state index in [9.17, 15) is 13.6 Å². The third-order valence-corrected chi connectivity index (χ3v) is 3.25. The van der Waals surface area contributed by atoms with E-state index in [0.717, 1.165) is 18.2 Å². The fraction of sp³-hybridized carbons (Fsp3) is 0.0714. The first-order chi connectivity index (χ1) is 9.45. The summed E-state index contributed by atoms with van der Waals surface area (Å²) in [6.45, 7) is -0.219. The van der Waals surface area contributed by atoms with Gasteiger partial charge in [-0.05, 0) is 51.8 Å². The van der Waals surface area contributed by atoms with Gasteiger partial charge in [0.1, 0.15) is 18.2 Å². The van der Waals surface area contributed by atoms with Crippen molar-refractivity contribution < 1.29 is 18.3 Å². The summed E-state index contributed by atoms with van der Waals surface area (Å²) in [5.74, 6) is -2.05. The SMILES string of the molecule is Nc1cc(C(=O)OCc2cc(F)cc(F)c2)ccc1Br. The Hall–Kier alpha value is -1.95. The van der Waals surface area contributed by atoms with Crippen molar-refractivity contribution in [3.63, 3.8) is 0 Å². The van der Waals surface area contributed by atoms with Crippen LogP contribution in [0, 0.1) is 11.6 Å². The molecule has 0 aliphatic carbocycles. The lowest BCUT2D eigenvalue weighted by molar-refractivity contribution is 0.0472. The molecule has 0 saturated carbocycles. The first-order valence-electron chi connectivity index (χ1n) is 5.63. The predicted octanol–water partition coefficient (Wildman–Crippen LogP) is 3.67. The lowest BCUT2D eigenvalue weighted by Gasteiger charge is -2.06. The van der Waals surface area contributed by atoms with E-state index in [1.54, 1.807) is 6.07 Å². The van der Waals surface area contributed by atoms with Gasteiger partial charge in [-0.1, -0.05) is 0 Å². The molecule has 3 nitrogen and oxygen atoms in total. The summed E-state index contributed by atoms with van der Waals surface area (Å²) in [6, 6.07) is 7.57. The zero-order valence-electron chi connectivity index (χ0n) is 10.2. The van der Waals surface area contributed by atoms with Gasteiger partial charge >= 0.3 is 5.97 Å². The molecule has 2 N–H and O–H groups in total. The number of rotatable bonds is 3. The van der Waals surface area contributed by atoms with Crippen molar-refractivity contribution >= 4 is 27.6 Å². The van der Waals surface area contributed by atoms with E-state index in [2.05, 4.69) is 15.9 Å². The molecule has 20 heavy (non-hydrogen) atoms. The van der Waals surface area contributed by atoms with Crippen LogP contribution < -0.4 is 5.73 Å². The summed E-state index contributed by atoms with van der Waals surface area (Å²) < 4.78 is 31.6. The van der Waals surface area contributed by atoms with E-state index in [1.165, 1.54) is 12.1 Å². The molecule has 2 aromatic carbocycles. The van der Waals surface area contributed by atoms with Gasteiger partial charge in [0.25, 0.3) is 0 Å². The van der Waals surface area contributed by atoms with Gasteiger partial charge in [0.2, 0.25) is 0 Å². The van der Waals surface area contributed by atoms with Crippen LogP contribution in [-0.4, -0.2) is 5.97 Å². The molecule has 0 amide bonds. The van der Waals surface area contributed by atoms with Gasteiger partial charge in [-0.3, -0.25) is 0 Å². The van der Waals surface area contributed by atoms with E-state index < -0.39 is 17.6 Å². The predicted molar refractivity (Wildman–Crippen MR) is 74.0 cm³/mol. The van der Waals surface area contributed by atoms with Crippen molar-refractivity contribution in [3.05, 3.63) is 63.6 Å². The molecule has 0 fully saturated rings. The van der Waals surface area contributed by atoms with Crippen LogP contribution in [-0.2, 0) is 11.3 Å². The van der Waals surface area contributed by atoms with Crippen LogP contribution >= 0.6 is 15.9 Å². The number of esters is 1. The zero-order valence-corrected chi connectivity index (χ0v) is 11.8. The summed E-state index contributed by atoms with van der Waals surface area (Å²) in [7, 11) is 0. The molecule has 0 heterocycles. The van der Waals surface area contributed by atoms with E-state index >= 15 is 0 Å². The molecule has 2 aromatic rings. The normalized spacial score (nSPS) is 10.3. The molecule has 6 heteroatoms. The molecule has 2 rings (SSSR count). The highest BCUT2D eigenvalue weighted by atomic mass is 79.9. The van der Waals surface area contributed by atoms with Gasteiger partial charge in [0.15, 0.2) is 0 Å². The first-order valence-corrected chi connectivity index (χ1v) is 6.42. The Bertz CT molecular complexity index is 641. The van der Waals surface area contributed by atoms with Gasteiger partial charge in [-0.25, -0.2) is 13.6 Å². The van der Waals surface area contributed by atoms with Crippen molar-refractivity contribution in [2.24, 2.45) is 0 Å². The molecule has 0 aliphatic rings. The van der Waals surface area contributed by atoms with E-state index in [-0.39, 0.29) is 17.7 Å². The van der Waals surface area contributed by atoms with Crippen LogP contribution in [0.2, 0.25) is 0 Å². The fourth-order valence-corrected chi connectivity index (χ4v) is 1.84. The maximum absolute atomic E-state index is 13.0. The standard InChI is InChI=1S/C14H10BrF2NO2/c15-12-2-1-9(5-13(12)18)14(19)20-7-8-3-10(16)6-11(17)4-8/h1-6H,7,18H2. The molecule has 0 radical (unpaired) electrons. The quantitative estimate of drug-likeness (QED) is 0.684. The van der Waals surface area contributed by atoms with Gasteiger partial charge in [-0.2, -0.15) is 0 Å². The largest absolute Gasteiger partial charge is 0.457 e. The summed E-state index contributed by atoms with van der Waals surface area (Å²) in [4.78, 5) is 11.8. The van der Waals surface area contributed by atoms with Gasteiger partial charge < -0.3 is 10.5 Å². The van der Waals surface area contributed by atoms with Crippen LogP contribution in [0.5, 0.6) is 0 Å². The van der Waals surface area contributed by atoms with Gasteiger partial charge in [0.05, 0.1) is 5.56 Å². The molecule has 0 aliphatic heterocycles. The average Bonchev–Trinajstić information content (AvgIpc) is 2.38. The van der Waals surface area contributed by atoms with Gasteiger partial charge in [0, 0.05) is 16.2 Å². The molecule has 0 saturated heterocycles. The highest BCUT2D eigenvalue weighted by molar-refractivity contribution is 9.10. The number of nitrogen functional groups attached to an aromatic ring is 1. The number of ether oxygens (including phenoxy) is 1. The van der Waals surface area contributed by atoms with Crippen LogP contribution in [0.3, 0.4) is 0 Å². The third-order valence-electron chi connectivity index (χ3n) is 2.52. The Kier molecular flexibility index (Phi) is 4.34. The van der Waals surface area contributed by atoms with E-state index in [4.69, 9.17) is 10.5 Å². The fourth-order valence-electron chi connectivity index (χ4n) is 1.60. The van der Waals surface area contributed by atoms with E-state index in [0.29, 0.717) is 10.2 Å². The zero-order chi connectivity index (χ0) is 14.7. The summed E-state index contributed by atoms with van der Waals surface area (Å²) >= 11 is 3.21. The Morgan fingerprint density at radius 1 is 1.15 bits per heavy atom. The maximum atomic E-state index is 13.0. The van der Waals surface area contributed by atoms with Crippen LogP contribution in [0.15, 0.2) is 40.9 Å². The summed E-state index contributed by atoms with van der Waals surface area (Å²) in [5.41, 5.74) is 6.55. The van der Waals surface area contributed by atoms with Crippen LogP contribution in [0.25, 0.3) is 0 Å². The van der Waals surface area contributed by atoms with Crippen LogP contribution in [0.4, 0.5) is 14.5 Å². The molecule has 0 atom stereocenters. The molecule has 0 bridgehead atoms.